The lowest BCUT2D eigenvalue weighted by Gasteiger charge is -2.13. The highest BCUT2D eigenvalue weighted by Crippen LogP contribution is 2.43. The largest absolute Gasteiger partial charge is 0.236 e. The van der Waals surface area contributed by atoms with Gasteiger partial charge in [0.1, 0.15) is 5.01 Å². The van der Waals surface area contributed by atoms with Crippen molar-refractivity contribution in [2.24, 2.45) is 0 Å². The van der Waals surface area contributed by atoms with E-state index in [1.165, 1.54) is 51.8 Å². The molecule has 4 nitrogen and oxygen atoms in total. The lowest BCUT2D eigenvalue weighted by molar-refractivity contribution is 1.08. The Morgan fingerprint density at radius 2 is 0.923 bits per heavy atom. The van der Waals surface area contributed by atoms with Gasteiger partial charge < -0.3 is 0 Å². The molecule has 0 aliphatic rings. The lowest BCUT2D eigenvalue weighted by Crippen LogP contribution is -2.00. The first-order valence-electron chi connectivity index (χ1n) is 17.2. The van der Waals surface area contributed by atoms with E-state index in [1.54, 1.807) is 22.7 Å². The Kier molecular flexibility index (Phi) is 6.56. The number of thiophene rings is 1. The van der Waals surface area contributed by atoms with Crippen molar-refractivity contribution < 1.29 is 0 Å². The number of thiazole rings is 1. The summed E-state index contributed by atoms with van der Waals surface area (Å²) in [6.07, 6.45) is 0. The fourth-order valence-electron chi connectivity index (χ4n) is 7.53. The number of nitrogens with zero attached hydrogens (tertiary/aromatic N) is 4. The van der Waals surface area contributed by atoms with E-state index < -0.39 is 0 Å². The molecule has 0 aliphatic carbocycles. The van der Waals surface area contributed by atoms with Crippen LogP contribution in [0.4, 0.5) is 0 Å². The third-order valence-corrected chi connectivity index (χ3v) is 12.2. The summed E-state index contributed by atoms with van der Waals surface area (Å²) in [5, 5.41) is 10.7. The van der Waals surface area contributed by atoms with Crippen LogP contribution in [0.3, 0.4) is 0 Å². The standard InChI is InChI=1S/C46H26N4S2/c1-2-11-27(12-3-1)43-48-44(28-21-23-34-32-15-5-4-13-30(32)31-14-6-7-16-33(31)36(34)25-28)50-45(49-43)35-17-10-20-41-42(35)37-26-29(22-24-39(37)51-41)46-47-38-18-8-9-19-40(38)52-46/h1-26H. The summed E-state index contributed by atoms with van der Waals surface area (Å²) in [5.41, 5.74) is 5.03. The number of hydrogen-bond donors (Lipinski definition) is 0. The Hall–Kier alpha value is -6.34. The van der Waals surface area contributed by atoms with Crippen LogP contribution >= 0.6 is 22.7 Å². The first kappa shape index (κ1) is 29.4. The topological polar surface area (TPSA) is 51.6 Å². The van der Waals surface area contributed by atoms with E-state index in [4.69, 9.17) is 19.9 Å². The van der Waals surface area contributed by atoms with Crippen molar-refractivity contribution >= 4 is 85.4 Å². The van der Waals surface area contributed by atoms with E-state index in [-0.39, 0.29) is 0 Å². The molecule has 11 aromatic rings. The first-order chi connectivity index (χ1) is 25.7. The maximum Gasteiger partial charge on any atom is 0.164 e. The molecule has 11 rings (SSSR count). The van der Waals surface area contributed by atoms with E-state index >= 15 is 0 Å². The van der Waals surface area contributed by atoms with Crippen molar-refractivity contribution in [3.05, 3.63) is 158 Å². The smallest absolute Gasteiger partial charge is 0.164 e. The average Bonchev–Trinajstić information content (AvgIpc) is 3.83. The molecule has 0 spiro atoms. The molecule has 0 bridgehead atoms. The van der Waals surface area contributed by atoms with Crippen LogP contribution < -0.4 is 0 Å². The monoisotopic (exact) mass is 698 g/mol. The molecule has 8 aromatic carbocycles. The third kappa shape index (κ3) is 4.65. The molecule has 0 fully saturated rings. The zero-order valence-corrected chi connectivity index (χ0v) is 29.2. The van der Waals surface area contributed by atoms with Crippen molar-refractivity contribution in [1.29, 1.82) is 0 Å². The van der Waals surface area contributed by atoms with Crippen LogP contribution in [0.1, 0.15) is 0 Å². The average molecular weight is 699 g/mol. The minimum atomic E-state index is 0.648. The Labute approximate surface area is 306 Å². The molecule has 0 unspecified atom stereocenters. The maximum atomic E-state index is 5.27. The number of aromatic nitrogens is 4. The first-order valence-corrected chi connectivity index (χ1v) is 18.9. The summed E-state index contributed by atoms with van der Waals surface area (Å²) in [5.74, 6) is 1.95. The molecular weight excluding hydrogens is 673 g/mol. The van der Waals surface area contributed by atoms with E-state index in [0.29, 0.717) is 17.5 Å². The van der Waals surface area contributed by atoms with Gasteiger partial charge in [-0.15, -0.1) is 22.7 Å². The Morgan fingerprint density at radius 3 is 1.69 bits per heavy atom. The van der Waals surface area contributed by atoms with Crippen molar-refractivity contribution in [3.8, 4) is 44.7 Å². The second-order valence-electron chi connectivity index (χ2n) is 13.0. The number of para-hydroxylation sites is 1. The van der Waals surface area contributed by atoms with Crippen molar-refractivity contribution in [2.75, 3.05) is 0 Å². The van der Waals surface area contributed by atoms with Gasteiger partial charge in [0, 0.05) is 42.4 Å². The molecule has 52 heavy (non-hydrogen) atoms. The quantitative estimate of drug-likeness (QED) is 0.172. The summed E-state index contributed by atoms with van der Waals surface area (Å²) in [6, 6.07) is 55.6. The molecule has 0 aliphatic heterocycles. The Bertz CT molecular complexity index is 3130. The molecule has 3 heterocycles. The van der Waals surface area contributed by atoms with Crippen LogP contribution in [-0.2, 0) is 0 Å². The Balaban J connectivity index is 1.14. The summed E-state index contributed by atoms with van der Waals surface area (Å²) >= 11 is 3.52. The van der Waals surface area contributed by atoms with Crippen LogP contribution in [0, 0.1) is 0 Å². The van der Waals surface area contributed by atoms with Gasteiger partial charge in [0.2, 0.25) is 0 Å². The maximum absolute atomic E-state index is 5.27. The van der Waals surface area contributed by atoms with Crippen molar-refractivity contribution in [3.63, 3.8) is 0 Å². The van der Waals surface area contributed by atoms with Gasteiger partial charge in [-0.25, -0.2) is 19.9 Å². The summed E-state index contributed by atoms with van der Waals surface area (Å²) in [7, 11) is 0. The minimum absolute atomic E-state index is 0.648. The zero-order chi connectivity index (χ0) is 34.2. The van der Waals surface area contributed by atoms with E-state index in [9.17, 15) is 0 Å². The summed E-state index contributed by atoms with van der Waals surface area (Å²) in [6.45, 7) is 0. The van der Waals surface area contributed by atoms with Gasteiger partial charge in [-0.1, -0.05) is 121 Å². The molecule has 3 aromatic heterocycles. The van der Waals surface area contributed by atoms with E-state index in [1.807, 2.05) is 24.3 Å². The Morgan fingerprint density at radius 1 is 0.327 bits per heavy atom. The SMILES string of the molecule is c1ccc(-c2nc(-c3ccc4c5ccccc5c5ccccc5c4c3)nc(-c3cccc4sc5ccc(-c6nc7ccccc7s6)cc5c34)n2)cc1. The highest BCUT2D eigenvalue weighted by Gasteiger charge is 2.19. The highest BCUT2D eigenvalue weighted by molar-refractivity contribution is 7.26. The summed E-state index contributed by atoms with van der Waals surface area (Å²) in [4.78, 5) is 20.5. The zero-order valence-electron chi connectivity index (χ0n) is 27.6. The van der Waals surface area contributed by atoms with Gasteiger partial charge in [0.15, 0.2) is 17.5 Å². The number of rotatable bonds is 4. The van der Waals surface area contributed by atoms with Gasteiger partial charge in [-0.2, -0.15) is 0 Å². The molecule has 0 saturated carbocycles. The van der Waals surface area contributed by atoms with Crippen LogP contribution in [0.25, 0.3) is 107 Å². The second-order valence-corrected chi connectivity index (χ2v) is 15.1. The molecule has 0 N–H and O–H groups in total. The van der Waals surface area contributed by atoms with Gasteiger partial charge in [-0.3, -0.25) is 0 Å². The van der Waals surface area contributed by atoms with Crippen molar-refractivity contribution in [1.82, 2.24) is 19.9 Å². The number of fused-ring (bicyclic) bond motifs is 10. The highest BCUT2D eigenvalue weighted by atomic mass is 32.1. The molecule has 0 amide bonds. The van der Waals surface area contributed by atoms with E-state index in [2.05, 4.69) is 133 Å². The number of benzene rings is 8. The minimum Gasteiger partial charge on any atom is -0.236 e. The van der Waals surface area contributed by atoms with Crippen LogP contribution in [0.2, 0.25) is 0 Å². The molecular formula is C46H26N4S2. The van der Waals surface area contributed by atoms with E-state index in [0.717, 1.165) is 38.2 Å². The normalized spacial score (nSPS) is 11.8. The second kappa shape index (κ2) is 11.6. The van der Waals surface area contributed by atoms with Gasteiger partial charge in [-0.05, 0) is 68.7 Å². The molecule has 0 saturated heterocycles. The summed E-state index contributed by atoms with van der Waals surface area (Å²) < 4.78 is 3.61. The van der Waals surface area contributed by atoms with Crippen molar-refractivity contribution in [2.45, 2.75) is 0 Å². The van der Waals surface area contributed by atoms with Gasteiger partial charge in [0.05, 0.1) is 10.2 Å². The van der Waals surface area contributed by atoms with Crippen LogP contribution in [-0.4, -0.2) is 19.9 Å². The number of hydrogen-bond acceptors (Lipinski definition) is 6. The molecule has 0 atom stereocenters. The fourth-order valence-corrected chi connectivity index (χ4v) is 9.60. The van der Waals surface area contributed by atoms with Gasteiger partial charge in [0.25, 0.3) is 0 Å². The molecule has 6 heteroatoms. The molecule has 242 valence electrons. The third-order valence-electron chi connectivity index (χ3n) is 9.95. The fraction of sp³-hybridized carbons (Fsp3) is 0. The van der Waals surface area contributed by atoms with Gasteiger partial charge >= 0.3 is 0 Å². The molecule has 0 radical (unpaired) electrons. The predicted octanol–water partition coefficient (Wildman–Crippen LogP) is 13.0. The lowest BCUT2D eigenvalue weighted by atomic mass is 9.93. The predicted molar refractivity (Wildman–Crippen MR) is 220 cm³/mol. The van der Waals surface area contributed by atoms with Crippen LogP contribution in [0.5, 0.6) is 0 Å². The van der Waals surface area contributed by atoms with Crippen LogP contribution in [0.15, 0.2) is 158 Å².